The second-order valence-electron chi connectivity index (χ2n) is 4.44. The van der Waals surface area contributed by atoms with Gasteiger partial charge in [0.05, 0.1) is 21.4 Å². The van der Waals surface area contributed by atoms with Crippen LogP contribution >= 0.6 is 23.2 Å². The third-order valence-corrected chi connectivity index (χ3v) is 3.62. The molecule has 0 atom stereocenters. The second kappa shape index (κ2) is 7.87. The zero-order valence-electron chi connectivity index (χ0n) is 11.7. The van der Waals surface area contributed by atoms with E-state index in [1.54, 1.807) is 12.1 Å². The Morgan fingerprint density at radius 1 is 1.10 bits per heavy atom. The normalized spacial score (nSPS) is 11.9. The van der Waals surface area contributed by atoms with Crippen molar-refractivity contribution in [3.8, 4) is 0 Å². The lowest BCUT2D eigenvalue weighted by Gasteiger charge is -2.04. The first-order valence-corrected chi connectivity index (χ1v) is 7.45. The van der Waals surface area contributed by atoms with Gasteiger partial charge in [0.15, 0.2) is 0 Å². The van der Waals surface area contributed by atoms with Gasteiger partial charge in [-0.3, -0.25) is 5.43 Å². The summed E-state index contributed by atoms with van der Waals surface area (Å²) in [6.07, 6.45) is 4.87. The van der Waals surface area contributed by atoms with Gasteiger partial charge in [-0.05, 0) is 36.3 Å². The zero-order chi connectivity index (χ0) is 15.1. The number of halogens is 2. The lowest BCUT2D eigenvalue weighted by atomic mass is 10.2. The molecule has 4 heteroatoms. The van der Waals surface area contributed by atoms with E-state index in [-0.39, 0.29) is 0 Å². The fourth-order valence-electron chi connectivity index (χ4n) is 1.69. The van der Waals surface area contributed by atoms with Crippen molar-refractivity contribution in [1.29, 1.82) is 0 Å². The first kappa shape index (κ1) is 15.6. The van der Waals surface area contributed by atoms with Crippen LogP contribution in [0.1, 0.15) is 18.9 Å². The van der Waals surface area contributed by atoms with Crippen molar-refractivity contribution in [2.75, 3.05) is 5.43 Å². The minimum absolute atomic E-state index is 0.509. The molecule has 2 rings (SSSR count). The molecule has 0 aliphatic heterocycles. The minimum atomic E-state index is 0.509. The number of anilines is 1. The van der Waals surface area contributed by atoms with Gasteiger partial charge >= 0.3 is 0 Å². The molecule has 2 nitrogen and oxygen atoms in total. The van der Waals surface area contributed by atoms with E-state index in [1.807, 2.05) is 36.4 Å². The molecule has 0 saturated heterocycles. The highest BCUT2D eigenvalue weighted by molar-refractivity contribution is 6.42. The van der Waals surface area contributed by atoms with Crippen LogP contribution in [0.3, 0.4) is 0 Å². The molecule has 2 aromatic carbocycles. The van der Waals surface area contributed by atoms with E-state index in [9.17, 15) is 0 Å². The van der Waals surface area contributed by atoms with Crippen LogP contribution in [-0.2, 0) is 0 Å². The summed E-state index contributed by atoms with van der Waals surface area (Å²) in [5, 5.41) is 5.42. The number of nitrogens with zero attached hydrogens (tertiary/aromatic N) is 1. The molecule has 2 aromatic rings. The topological polar surface area (TPSA) is 24.4 Å². The molecule has 0 spiro atoms. The molecular formula is C17H16Cl2N2. The molecule has 0 heterocycles. The fraction of sp³-hybridized carbons (Fsp3) is 0.118. The average Bonchev–Trinajstić information content (AvgIpc) is 2.52. The van der Waals surface area contributed by atoms with Gasteiger partial charge < -0.3 is 0 Å². The van der Waals surface area contributed by atoms with E-state index in [1.165, 1.54) is 0 Å². The van der Waals surface area contributed by atoms with E-state index >= 15 is 0 Å². The lowest BCUT2D eigenvalue weighted by molar-refractivity contribution is 1.23. The maximum absolute atomic E-state index is 5.97. The van der Waals surface area contributed by atoms with Gasteiger partial charge in [0.1, 0.15) is 0 Å². The smallest absolute Gasteiger partial charge is 0.0613 e. The van der Waals surface area contributed by atoms with Crippen molar-refractivity contribution in [1.82, 2.24) is 0 Å². The molecule has 21 heavy (non-hydrogen) atoms. The van der Waals surface area contributed by atoms with Gasteiger partial charge in [0, 0.05) is 0 Å². The molecule has 0 saturated carbocycles. The Kier molecular flexibility index (Phi) is 5.85. The average molecular weight is 319 g/mol. The SMILES string of the molecule is CCC(/C=C\c1ccccc1)=N/Nc1ccc(Cl)c(Cl)c1. The first-order chi connectivity index (χ1) is 10.2. The van der Waals surface area contributed by atoms with Crippen LogP contribution in [0.5, 0.6) is 0 Å². The summed E-state index contributed by atoms with van der Waals surface area (Å²) in [7, 11) is 0. The predicted octanol–water partition coefficient (Wildman–Crippen LogP) is 5.88. The Hall–Kier alpha value is -1.77. The number of hydrazone groups is 1. The first-order valence-electron chi connectivity index (χ1n) is 6.70. The second-order valence-corrected chi connectivity index (χ2v) is 5.26. The Bertz CT molecular complexity index is 649. The van der Waals surface area contributed by atoms with Gasteiger partial charge in [-0.1, -0.05) is 66.5 Å². The number of hydrogen-bond acceptors (Lipinski definition) is 2. The van der Waals surface area contributed by atoms with Crippen LogP contribution in [0.15, 0.2) is 59.7 Å². The molecule has 0 aromatic heterocycles. The highest BCUT2D eigenvalue weighted by atomic mass is 35.5. The number of allylic oxidation sites excluding steroid dienone is 1. The summed E-state index contributed by atoms with van der Waals surface area (Å²) in [6, 6.07) is 15.5. The molecule has 1 N–H and O–H groups in total. The molecular weight excluding hydrogens is 303 g/mol. The lowest BCUT2D eigenvalue weighted by Crippen LogP contribution is -1.97. The van der Waals surface area contributed by atoms with E-state index in [4.69, 9.17) is 23.2 Å². The van der Waals surface area contributed by atoms with Gasteiger partial charge in [0.25, 0.3) is 0 Å². The fourth-order valence-corrected chi connectivity index (χ4v) is 1.99. The maximum atomic E-state index is 5.97. The quantitative estimate of drug-likeness (QED) is 0.540. The molecule has 0 radical (unpaired) electrons. The van der Waals surface area contributed by atoms with Crippen LogP contribution in [0.2, 0.25) is 10.0 Å². The summed E-state index contributed by atoms with van der Waals surface area (Å²) in [6.45, 7) is 2.06. The number of hydrogen-bond donors (Lipinski definition) is 1. The molecule has 0 unspecified atom stereocenters. The third-order valence-electron chi connectivity index (χ3n) is 2.88. The van der Waals surface area contributed by atoms with Crippen molar-refractivity contribution in [3.63, 3.8) is 0 Å². The zero-order valence-corrected chi connectivity index (χ0v) is 13.2. The number of benzene rings is 2. The summed E-state index contributed by atoms with van der Waals surface area (Å²) in [5.74, 6) is 0. The number of nitrogens with one attached hydrogen (secondary N) is 1. The van der Waals surface area contributed by atoms with Crippen molar-refractivity contribution in [3.05, 3.63) is 70.2 Å². The van der Waals surface area contributed by atoms with Crippen LogP contribution in [0.4, 0.5) is 5.69 Å². The van der Waals surface area contributed by atoms with Gasteiger partial charge in [-0.2, -0.15) is 5.10 Å². The Balaban J connectivity index is 2.06. The predicted molar refractivity (Wildman–Crippen MR) is 93.3 cm³/mol. The van der Waals surface area contributed by atoms with Crippen LogP contribution < -0.4 is 5.43 Å². The maximum Gasteiger partial charge on any atom is 0.0613 e. The molecule has 0 aliphatic carbocycles. The summed E-state index contributed by atoms with van der Waals surface area (Å²) >= 11 is 11.9. The third kappa shape index (κ3) is 4.92. The van der Waals surface area contributed by atoms with Crippen molar-refractivity contribution in [2.24, 2.45) is 5.10 Å². The molecule has 0 aliphatic rings. The highest BCUT2D eigenvalue weighted by Gasteiger charge is 1.98. The minimum Gasteiger partial charge on any atom is -0.278 e. The van der Waals surface area contributed by atoms with Crippen molar-refractivity contribution >= 4 is 40.7 Å². The van der Waals surface area contributed by atoms with Crippen molar-refractivity contribution in [2.45, 2.75) is 13.3 Å². The largest absolute Gasteiger partial charge is 0.278 e. The van der Waals surface area contributed by atoms with E-state index in [2.05, 4.69) is 29.6 Å². The van der Waals surface area contributed by atoms with Crippen LogP contribution in [-0.4, -0.2) is 5.71 Å². The van der Waals surface area contributed by atoms with Gasteiger partial charge in [-0.15, -0.1) is 0 Å². The molecule has 108 valence electrons. The van der Waals surface area contributed by atoms with E-state index < -0.39 is 0 Å². The van der Waals surface area contributed by atoms with E-state index in [0.717, 1.165) is 23.4 Å². The summed E-state index contributed by atoms with van der Waals surface area (Å²) in [5.41, 5.74) is 5.90. The Labute approximate surface area is 135 Å². The Morgan fingerprint density at radius 3 is 2.52 bits per heavy atom. The Morgan fingerprint density at radius 2 is 1.86 bits per heavy atom. The number of rotatable bonds is 5. The summed E-state index contributed by atoms with van der Waals surface area (Å²) in [4.78, 5) is 0. The van der Waals surface area contributed by atoms with Gasteiger partial charge in [-0.25, -0.2) is 0 Å². The highest BCUT2D eigenvalue weighted by Crippen LogP contribution is 2.24. The monoisotopic (exact) mass is 318 g/mol. The molecule has 0 bridgehead atoms. The summed E-state index contributed by atoms with van der Waals surface area (Å²) < 4.78 is 0. The molecule has 0 amide bonds. The van der Waals surface area contributed by atoms with Gasteiger partial charge in [0.2, 0.25) is 0 Å². The van der Waals surface area contributed by atoms with E-state index in [0.29, 0.717) is 10.0 Å². The standard InChI is InChI=1S/C17H16Cl2N2/c1-2-14(9-8-13-6-4-3-5-7-13)20-21-15-10-11-16(18)17(19)12-15/h3-12,21H,2H2,1H3/b9-8-,20-14-. The van der Waals surface area contributed by atoms with Crippen LogP contribution in [0.25, 0.3) is 6.08 Å². The van der Waals surface area contributed by atoms with Crippen LogP contribution in [0, 0.1) is 0 Å². The van der Waals surface area contributed by atoms with Crippen molar-refractivity contribution < 1.29 is 0 Å². The molecule has 0 fully saturated rings.